The fraction of sp³-hybridized carbons (Fsp3) is 0.458. The van der Waals surface area contributed by atoms with Crippen molar-refractivity contribution in [3.8, 4) is 11.4 Å². The van der Waals surface area contributed by atoms with Crippen molar-refractivity contribution >= 4 is 39.2 Å². The molecule has 0 radical (unpaired) electrons. The van der Waals surface area contributed by atoms with Crippen LogP contribution in [0.2, 0.25) is 0 Å². The van der Waals surface area contributed by atoms with Crippen molar-refractivity contribution in [2.45, 2.75) is 56.9 Å². The number of carbonyl (C=O) groups excluding carboxylic acids is 1. The van der Waals surface area contributed by atoms with Gasteiger partial charge in [0.2, 0.25) is 5.91 Å². The summed E-state index contributed by atoms with van der Waals surface area (Å²) in [5.74, 6) is 0.906. The maximum atomic E-state index is 13.9. The number of benzene rings is 1. The van der Waals surface area contributed by atoms with E-state index in [-0.39, 0.29) is 11.5 Å². The molecule has 8 heteroatoms. The number of ether oxygens (including phenoxy) is 1. The number of methoxy groups -OCH3 is 1. The molecule has 4 rings (SSSR count). The van der Waals surface area contributed by atoms with Gasteiger partial charge in [0.15, 0.2) is 5.16 Å². The van der Waals surface area contributed by atoms with Gasteiger partial charge in [0.1, 0.15) is 10.6 Å². The van der Waals surface area contributed by atoms with Crippen molar-refractivity contribution in [3.63, 3.8) is 0 Å². The average molecular weight is 472 g/mol. The molecule has 1 aliphatic carbocycles. The smallest absolute Gasteiger partial charge is 0.267 e. The third-order valence-electron chi connectivity index (χ3n) is 5.62. The lowest BCUT2D eigenvalue weighted by Crippen LogP contribution is -2.34. The molecule has 1 atom stereocenters. The molecular formula is C24H29N3O3S2. The Kier molecular flexibility index (Phi) is 6.90. The first kappa shape index (κ1) is 22.9. The number of para-hydroxylation sites is 2. The van der Waals surface area contributed by atoms with Gasteiger partial charge >= 0.3 is 0 Å². The van der Waals surface area contributed by atoms with Crippen LogP contribution in [0.15, 0.2) is 34.2 Å². The molecule has 0 aliphatic heterocycles. The van der Waals surface area contributed by atoms with Crippen LogP contribution in [0.3, 0.4) is 0 Å². The number of fused-ring (bicyclic) bond motifs is 3. The van der Waals surface area contributed by atoms with E-state index in [0.29, 0.717) is 29.1 Å². The van der Waals surface area contributed by atoms with Crippen LogP contribution < -0.4 is 15.6 Å². The summed E-state index contributed by atoms with van der Waals surface area (Å²) >= 11 is 2.93. The summed E-state index contributed by atoms with van der Waals surface area (Å²) in [6.07, 6.45) is 4.16. The number of hydrogen-bond donors (Lipinski definition) is 1. The summed E-state index contributed by atoms with van der Waals surface area (Å²) in [5.41, 5.74) is 1.70. The minimum Gasteiger partial charge on any atom is -0.495 e. The highest BCUT2D eigenvalue weighted by molar-refractivity contribution is 8.00. The Morgan fingerprint density at radius 1 is 1.25 bits per heavy atom. The molecule has 0 spiro atoms. The van der Waals surface area contributed by atoms with E-state index in [1.807, 2.05) is 31.2 Å². The molecule has 2 heterocycles. The molecule has 0 saturated heterocycles. The zero-order valence-corrected chi connectivity index (χ0v) is 20.6. The van der Waals surface area contributed by atoms with Crippen molar-refractivity contribution in [3.05, 3.63) is 45.1 Å². The molecule has 1 aliphatic rings. The first-order chi connectivity index (χ1) is 15.4. The summed E-state index contributed by atoms with van der Waals surface area (Å²) < 4.78 is 7.18. The zero-order valence-electron chi connectivity index (χ0n) is 18.9. The third kappa shape index (κ3) is 4.43. The number of hydrogen-bond acceptors (Lipinski definition) is 6. The van der Waals surface area contributed by atoms with Gasteiger partial charge in [-0.25, -0.2) is 4.98 Å². The first-order valence-corrected chi connectivity index (χ1v) is 12.7. The largest absolute Gasteiger partial charge is 0.495 e. The lowest BCUT2D eigenvalue weighted by molar-refractivity contribution is -0.120. The molecule has 170 valence electrons. The van der Waals surface area contributed by atoms with Crippen LogP contribution in [-0.4, -0.2) is 34.4 Å². The number of thioether (sulfide) groups is 1. The highest BCUT2D eigenvalue weighted by Gasteiger charge is 2.26. The van der Waals surface area contributed by atoms with E-state index >= 15 is 0 Å². The molecule has 1 unspecified atom stereocenters. The van der Waals surface area contributed by atoms with Crippen molar-refractivity contribution < 1.29 is 9.53 Å². The summed E-state index contributed by atoms with van der Waals surface area (Å²) in [6.45, 7) is 6.59. The average Bonchev–Trinajstić information content (AvgIpc) is 3.16. The number of amides is 1. The van der Waals surface area contributed by atoms with E-state index < -0.39 is 5.25 Å². The summed E-state index contributed by atoms with van der Waals surface area (Å²) in [5, 5.41) is 3.81. The number of rotatable bonds is 7. The first-order valence-electron chi connectivity index (χ1n) is 11.1. The van der Waals surface area contributed by atoms with Crippen LogP contribution in [0.5, 0.6) is 5.75 Å². The standard InChI is InChI=1S/C24H29N3O3S2/c1-14(2)13-25-21(28)15(3)31-24-26-22-20(16-9-5-8-12-19(16)32-22)23(29)27(24)17-10-6-7-11-18(17)30-4/h6-7,10-11,14-15H,5,8-9,12-13H2,1-4H3,(H,25,28). The molecule has 2 aromatic heterocycles. The number of nitrogens with zero attached hydrogens (tertiary/aromatic N) is 2. The SMILES string of the molecule is COc1ccccc1-n1c(SC(C)C(=O)NCC(C)C)nc2sc3c(c2c1=O)CCCC3. The number of aromatic nitrogens is 2. The highest BCUT2D eigenvalue weighted by Crippen LogP contribution is 2.36. The number of thiophene rings is 1. The summed E-state index contributed by atoms with van der Waals surface area (Å²) in [4.78, 5) is 33.5. The molecule has 0 bridgehead atoms. The molecule has 1 N–H and O–H groups in total. The van der Waals surface area contributed by atoms with Crippen LogP contribution in [0.1, 0.15) is 44.1 Å². The lowest BCUT2D eigenvalue weighted by Gasteiger charge is -2.18. The predicted molar refractivity (Wildman–Crippen MR) is 132 cm³/mol. The Hall–Kier alpha value is -2.32. The molecule has 0 fully saturated rings. The van der Waals surface area contributed by atoms with Crippen molar-refractivity contribution in [1.82, 2.24) is 14.9 Å². The quantitative estimate of drug-likeness (QED) is 0.403. The van der Waals surface area contributed by atoms with E-state index in [2.05, 4.69) is 19.2 Å². The maximum Gasteiger partial charge on any atom is 0.267 e. The molecule has 0 saturated carbocycles. The fourth-order valence-corrected chi connectivity index (χ4v) is 6.20. The summed E-state index contributed by atoms with van der Waals surface area (Å²) in [7, 11) is 1.59. The van der Waals surface area contributed by atoms with E-state index in [9.17, 15) is 9.59 Å². The van der Waals surface area contributed by atoms with Gasteiger partial charge in [-0.05, 0) is 56.2 Å². The Bertz CT molecular complexity index is 1200. The van der Waals surface area contributed by atoms with E-state index in [4.69, 9.17) is 9.72 Å². The van der Waals surface area contributed by atoms with Crippen molar-refractivity contribution in [2.75, 3.05) is 13.7 Å². The monoisotopic (exact) mass is 471 g/mol. The van der Waals surface area contributed by atoms with Crippen LogP contribution in [0.25, 0.3) is 15.9 Å². The molecule has 6 nitrogen and oxygen atoms in total. The Morgan fingerprint density at radius 2 is 2.00 bits per heavy atom. The second-order valence-electron chi connectivity index (χ2n) is 8.50. The Labute approximate surface area is 196 Å². The van der Waals surface area contributed by atoms with Crippen LogP contribution in [-0.2, 0) is 17.6 Å². The second kappa shape index (κ2) is 9.67. The minimum atomic E-state index is -0.395. The Morgan fingerprint density at radius 3 is 2.75 bits per heavy atom. The van der Waals surface area contributed by atoms with Gasteiger partial charge in [0.05, 0.1) is 23.4 Å². The fourth-order valence-electron chi connectivity index (χ4n) is 3.95. The van der Waals surface area contributed by atoms with Gasteiger partial charge in [-0.3, -0.25) is 14.2 Å². The van der Waals surface area contributed by atoms with Gasteiger partial charge < -0.3 is 10.1 Å². The van der Waals surface area contributed by atoms with Gasteiger partial charge in [0, 0.05) is 11.4 Å². The molecule has 1 aromatic carbocycles. The highest BCUT2D eigenvalue weighted by atomic mass is 32.2. The lowest BCUT2D eigenvalue weighted by atomic mass is 9.97. The zero-order chi connectivity index (χ0) is 22.8. The van der Waals surface area contributed by atoms with Crippen LogP contribution in [0.4, 0.5) is 0 Å². The Balaban J connectivity index is 1.85. The molecular weight excluding hydrogens is 442 g/mol. The normalized spacial score (nSPS) is 14.4. The van der Waals surface area contributed by atoms with Gasteiger partial charge in [-0.15, -0.1) is 11.3 Å². The van der Waals surface area contributed by atoms with Gasteiger partial charge in [-0.1, -0.05) is 37.7 Å². The van der Waals surface area contributed by atoms with E-state index in [0.717, 1.165) is 41.5 Å². The summed E-state index contributed by atoms with van der Waals surface area (Å²) in [6, 6.07) is 7.45. The maximum absolute atomic E-state index is 13.9. The minimum absolute atomic E-state index is 0.0601. The second-order valence-corrected chi connectivity index (χ2v) is 10.9. The van der Waals surface area contributed by atoms with Gasteiger partial charge in [-0.2, -0.15) is 0 Å². The molecule has 32 heavy (non-hydrogen) atoms. The molecule has 1 amide bonds. The van der Waals surface area contributed by atoms with Crippen LogP contribution in [0, 0.1) is 5.92 Å². The predicted octanol–water partition coefficient (Wildman–Crippen LogP) is 4.59. The van der Waals surface area contributed by atoms with Crippen molar-refractivity contribution in [2.24, 2.45) is 5.92 Å². The van der Waals surface area contributed by atoms with Crippen LogP contribution >= 0.6 is 23.1 Å². The number of nitrogens with one attached hydrogen (secondary N) is 1. The number of carbonyl (C=O) groups is 1. The van der Waals surface area contributed by atoms with E-state index in [1.54, 1.807) is 23.0 Å². The topological polar surface area (TPSA) is 73.2 Å². The molecule has 3 aromatic rings. The van der Waals surface area contributed by atoms with Gasteiger partial charge in [0.25, 0.3) is 5.56 Å². The number of aryl methyl sites for hydroxylation is 2. The third-order valence-corrected chi connectivity index (χ3v) is 7.86. The van der Waals surface area contributed by atoms with Crippen molar-refractivity contribution in [1.29, 1.82) is 0 Å². The van der Waals surface area contributed by atoms with E-state index in [1.165, 1.54) is 16.6 Å².